The van der Waals surface area contributed by atoms with E-state index in [4.69, 9.17) is 4.84 Å². The number of halogens is 1. The van der Waals surface area contributed by atoms with Crippen LogP contribution in [0.5, 0.6) is 0 Å². The Bertz CT molecular complexity index is 369. The van der Waals surface area contributed by atoms with Gasteiger partial charge in [-0.1, -0.05) is 39.8 Å². The van der Waals surface area contributed by atoms with Gasteiger partial charge in [0.2, 0.25) is 0 Å². The van der Waals surface area contributed by atoms with Crippen LogP contribution in [-0.4, -0.2) is 11.8 Å². The van der Waals surface area contributed by atoms with Gasteiger partial charge in [-0.2, -0.15) is 0 Å². The largest absolute Gasteiger partial charge is 0.388 e. The summed E-state index contributed by atoms with van der Waals surface area (Å²) in [5.41, 5.74) is 2.10. The van der Waals surface area contributed by atoms with E-state index in [1.165, 1.54) is 0 Å². The molecule has 2 nitrogen and oxygen atoms in total. The summed E-state index contributed by atoms with van der Waals surface area (Å²) in [6.45, 7) is 3.68. The van der Waals surface area contributed by atoms with Crippen molar-refractivity contribution in [3.8, 4) is 0 Å². The lowest BCUT2D eigenvalue weighted by atomic mass is 10.1. The van der Waals surface area contributed by atoms with Crippen molar-refractivity contribution in [2.24, 2.45) is 5.16 Å². The van der Waals surface area contributed by atoms with Crippen molar-refractivity contribution < 1.29 is 4.84 Å². The number of rotatable bonds is 2. The Labute approximate surface area is 91.4 Å². The number of hydrogen-bond acceptors (Lipinski definition) is 2. The molecule has 0 radical (unpaired) electrons. The van der Waals surface area contributed by atoms with E-state index in [9.17, 15) is 0 Å². The Morgan fingerprint density at radius 1 is 1.43 bits per heavy atom. The van der Waals surface area contributed by atoms with Crippen molar-refractivity contribution in [1.29, 1.82) is 0 Å². The third-order valence-electron chi connectivity index (χ3n) is 2.13. The summed E-state index contributed by atoms with van der Waals surface area (Å²) in [5.74, 6) is 0. The molecule has 0 bridgehead atoms. The molecule has 0 saturated carbocycles. The van der Waals surface area contributed by atoms with Crippen LogP contribution in [0.15, 0.2) is 46.5 Å². The molecule has 1 aromatic carbocycles. The van der Waals surface area contributed by atoms with Crippen LogP contribution in [0.4, 0.5) is 0 Å². The third kappa shape index (κ3) is 1.87. The smallest absolute Gasteiger partial charge is 0.151 e. The second kappa shape index (κ2) is 3.96. The fraction of sp³-hybridized carbons (Fsp3) is 0.182. The van der Waals surface area contributed by atoms with Gasteiger partial charge in [-0.25, -0.2) is 0 Å². The van der Waals surface area contributed by atoms with Gasteiger partial charge in [0.1, 0.15) is 0 Å². The minimum atomic E-state index is 0.0358. The van der Waals surface area contributed by atoms with Gasteiger partial charge in [-0.05, 0) is 23.8 Å². The Morgan fingerprint density at radius 2 is 2.14 bits per heavy atom. The topological polar surface area (TPSA) is 21.6 Å². The molecule has 2 rings (SSSR count). The zero-order valence-corrected chi connectivity index (χ0v) is 9.20. The predicted molar refractivity (Wildman–Crippen MR) is 60.4 cm³/mol. The number of benzene rings is 1. The monoisotopic (exact) mass is 251 g/mol. The minimum Gasteiger partial charge on any atom is -0.388 e. The molecule has 72 valence electrons. The van der Waals surface area contributed by atoms with Crippen LogP contribution in [-0.2, 0) is 4.84 Å². The molecule has 1 heterocycles. The van der Waals surface area contributed by atoms with Gasteiger partial charge in [0.15, 0.2) is 6.10 Å². The van der Waals surface area contributed by atoms with E-state index in [1.54, 1.807) is 6.08 Å². The highest BCUT2D eigenvalue weighted by Crippen LogP contribution is 2.18. The van der Waals surface area contributed by atoms with Crippen molar-refractivity contribution >= 4 is 21.6 Å². The van der Waals surface area contributed by atoms with Gasteiger partial charge in [0, 0.05) is 10.9 Å². The Morgan fingerprint density at radius 3 is 2.71 bits per heavy atom. The number of oxime groups is 1. The molecule has 1 aromatic rings. The van der Waals surface area contributed by atoms with Crippen LogP contribution in [0, 0.1) is 0 Å². The van der Waals surface area contributed by atoms with E-state index in [0.29, 0.717) is 0 Å². The van der Waals surface area contributed by atoms with Crippen LogP contribution in [0.25, 0.3) is 0 Å². The minimum absolute atomic E-state index is 0.0358. The van der Waals surface area contributed by atoms with Crippen LogP contribution in [0.1, 0.15) is 12.0 Å². The maximum atomic E-state index is 5.16. The fourth-order valence-corrected chi connectivity index (χ4v) is 1.60. The van der Waals surface area contributed by atoms with Gasteiger partial charge in [-0.15, -0.1) is 0 Å². The molecule has 0 fully saturated rings. The predicted octanol–water partition coefficient (Wildman–Crippen LogP) is 3.13. The Hall–Kier alpha value is -1.09. The van der Waals surface area contributed by atoms with E-state index in [-0.39, 0.29) is 6.10 Å². The molecule has 3 heteroatoms. The Balaban J connectivity index is 2.17. The Kier molecular flexibility index (Phi) is 2.68. The van der Waals surface area contributed by atoms with E-state index < -0.39 is 0 Å². The molecule has 1 aliphatic heterocycles. The first-order valence-electron chi connectivity index (χ1n) is 4.41. The maximum Gasteiger partial charge on any atom is 0.151 e. The molecule has 1 aliphatic rings. The quantitative estimate of drug-likeness (QED) is 0.741. The molecular weight excluding hydrogens is 242 g/mol. The highest BCUT2D eigenvalue weighted by Gasteiger charge is 2.18. The van der Waals surface area contributed by atoms with Crippen LogP contribution in [0.2, 0.25) is 0 Å². The first-order valence-corrected chi connectivity index (χ1v) is 5.20. The van der Waals surface area contributed by atoms with Gasteiger partial charge in [-0.3, -0.25) is 0 Å². The molecule has 0 aromatic heterocycles. The molecule has 1 unspecified atom stereocenters. The maximum absolute atomic E-state index is 5.16. The fourth-order valence-electron chi connectivity index (χ4n) is 1.34. The molecular formula is C11H10BrNO. The van der Waals surface area contributed by atoms with E-state index in [0.717, 1.165) is 22.2 Å². The van der Waals surface area contributed by atoms with Crippen LogP contribution < -0.4 is 0 Å². The first-order chi connectivity index (χ1) is 6.79. The van der Waals surface area contributed by atoms with Crippen molar-refractivity contribution in [3.05, 3.63) is 47.0 Å². The summed E-state index contributed by atoms with van der Waals surface area (Å²) >= 11 is 3.39. The summed E-state index contributed by atoms with van der Waals surface area (Å²) in [6.07, 6.45) is 2.62. The van der Waals surface area contributed by atoms with Crippen LogP contribution >= 0.6 is 15.9 Å². The van der Waals surface area contributed by atoms with Gasteiger partial charge in [0.05, 0.1) is 5.71 Å². The SMILES string of the molecule is C=CC1CC(c2ccc(Br)cc2)=NO1. The summed E-state index contributed by atoms with van der Waals surface area (Å²) in [7, 11) is 0. The molecule has 14 heavy (non-hydrogen) atoms. The summed E-state index contributed by atoms with van der Waals surface area (Å²) in [5, 5.41) is 4.02. The average Bonchev–Trinajstić information content (AvgIpc) is 2.67. The second-order valence-corrected chi connectivity index (χ2v) is 4.04. The molecule has 0 N–H and O–H groups in total. The third-order valence-corrected chi connectivity index (χ3v) is 2.66. The standard InChI is InChI=1S/C11H10BrNO/c1-2-10-7-11(13-14-10)8-3-5-9(12)6-4-8/h2-6,10H,1,7H2. The highest BCUT2D eigenvalue weighted by molar-refractivity contribution is 9.10. The molecule has 0 aliphatic carbocycles. The van der Waals surface area contributed by atoms with Gasteiger partial charge < -0.3 is 4.84 Å². The van der Waals surface area contributed by atoms with Crippen LogP contribution in [0.3, 0.4) is 0 Å². The van der Waals surface area contributed by atoms with Crippen molar-refractivity contribution in [3.63, 3.8) is 0 Å². The molecule has 0 spiro atoms. The van der Waals surface area contributed by atoms with Gasteiger partial charge >= 0.3 is 0 Å². The summed E-state index contributed by atoms with van der Waals surface area (Å²) < 4.78 is 1.07. The zero-order chi connectivity index (χ0) is 9.97. The first kappa shape index (κ1) is 9.46. The van der Waals surface area contributed by atoms with E-state index in [2.05, 4.69) is 27.7 Å². The molecule has 0 saturated heterocycles. The summed E-state index contributed by atoms with van der Waals surface area (Å²) in [6, 6.07) is 8.05. The van der Waals surface area contributed by atoms with Gasteiger partial charge in [0.25, 0.3) is 0 Å². The van der Waals surface area contributed by atoms with Crippen molar-refractivity contribution in [2.45, 2.75) is 12.5 Å². The van der Waals surface area contributed by atoms with E-state index in [1.807, 2.05) is 24.3 Å². The van der Waals surface area contributed by atoms with Crippen molar-refractivity contribution in [2.75, 3.05) is 0 Å². The molecule has 1 atom stereocenters. The van der Waals surface area contributed by atoms with Crippen molar-refractivity contribution in [1.82, 2.24) is 0 Å². The summed E-state index contributed by atoms with van der Waals surface area (Å²) in [4.78, 5) is 5.16. The lowest BCUT2D eigenvalue weighted by Crippen LogP contribution is -2.04. The average molecular weight is 252 g/mol. The highest BCUT2D eigenvalue weighted by atomic mass is 79.9. The van der Waals surface area contributed by atoms with E-state index >= 15 is 0 Å². The number of hydrogen-bond donors (Lipinski definition) is 0. The lowest BCUT2D eigenvalue weighted by Gasteiger charge is -1.99. The zero-order valence-electron chi connectivity index (χ0n) is 7.61. The molecule has 0 amide bonds. The lowest BCUT2D eigenvalue weighted by molar-refractivity contribution is 0.120. The number of nitrogens with zero attached hydrogens (tertiary/aromatic N) is 1. The second-order valence-electron chi connectivity index (χ2n) is 3.13. The normalized spacial score (nSPS) is 20.1.